The van der Waals surface area contributed by atoms with Gasteiger partial charge in [0.25, 0.3) is 11.8 Å². The molecule has 4 aromatic rings. The van der Waals surface area contributed by atoms with Crippen LogP contribution in [0.3, 0.4) is 0 Å². The maximum Gasteiger partial charge on any atom is 0.272 e. The lowest BCUT2D eigenvalue weighted by atomic mass is 10.1. The van der Waals surface area contributed by atoms with Gasteiger partial charge in [0.05, 0.1) is 13.2 Å². The van der Waals surface area contributed by atoms with Gasteiger partial charge in [-0.3, -0.25) is 14.4 Å². The number of hydrogen-bond acceptors (Lipinski definition) is 5. The molecule has 0 saturated heterocycles. The van der Waals surface area contributed by atoms with Crippen LogP contribution in [0.1, 0.15) is 45.7 Å². The molecule has 0 atom stereocenters. The molecular formula is C35H32N2O5. The van der Waals surface area contributed by atoms with E-state index in [0.717, 1.165) is 11.3 Å². The van der Waals surface area contributed by atoms with E-state index in [1.807, 2.05) is 56.3 Å². The quantitative estimate of drug-likeness (QED) is 0.147. The second-order valence-electron chi connectivity index (χ2n) is 9.08. The SMILES string of the molecule is CCOc1ccc(/C=C/C(=O)c2ccc(NC(=O)/C(=C/c3ccccc3OCC)NC(=O)c3ccccc3)cc2)cc1. The van der Waals surface area contributed by atoms with Crippen molar-refractivity contribution in [3.05, 3.63) is 137 Å². The summed E-state index contributed by atoms with van der Waals surface area (Å²) in [5.41, 5.74) is 2.89. The molecule has 0 aliphatic rings. The smallest absolute Gasteiger partial charge is 0.272 e. The summed E-state index contributed by atoms with van der Waals surface area (Å²) in [6.07, 6.45) is 4.81. The lowest BCUT2D eigenvalue weighted by Crippen LogP contribution is -2.30. The van der Waals surface area contributed by atoms with Gasteiger partial charge < -0.3 is 20.1 Å². The molecule has 7 heteroatoms. The van der Waals surface area contributed by atoms with Crippen molar-refractivity contribution in [1.29, 1.82) is 0 Å². The van der Waals surface area contributed by atoms with Gasteiger partial charge >= 0.3 is 0 Å². The highest BCUT2D eigenvalue weighted by Gasteiger charge is 2.16. The molecule has 0 saturated carbocycles. The Balaban J connectivity index is 1.49. The third kappa shape index (κ3) is 8.29. The van der Waals surface area contributed by atoms with Crippen molar-refractivity contribution in [2.24, 2.45) is 0 Å². The fraction of sp³-hybridized carbons (Fsp3) is 0.114. The van der Waals surface area contributed by atoms with Gasteiger partial charge in [-0.05, 0) is 86.2 Å². The maximum absolute atomic E-state index is 13.4. The molecule has 0 fully saturated rings. The first kappa shape index (κ1) is 29.6. The molecule has 0 aliphatic carbocycles. The minimum absolute atomic E-state index is 0.0365. The number of carbonyl (C=O) groups excluding carboxylic acids is 3. The summed E-state index contributed by atoms with van der Waals surface area (Å²) in [5.74, 6) is 0.228. The predicted octanol–water partition coefficient (Wildman–Crippen LogP) is 6.79. The van der Waals surface area contributed by atoms with Gasteiger partial charge in [0.2, 0.25) is 0 Å². The number of allylic oxidation sites excluding steroid dienone is 1. The summed E-state index contributed by atoms with van der Waals surface area (Å²) in [5, 5.41) is 5.53. The van der Waals surface area contributed by atoms with Crippen LogP contribution in [-0.4, -0.2) is 30.8 Å². The van der Waals surface area contributed by atoms with Crippen LogP contribution in [0.25, 0.3) is 12.2 Å². The van der Waals surface area contributed by atoms with E-state index in [1.54, 1.807) is 72.8 Å². The molecule has 0 aromatic heterocycles. The van der Waals surface area contributed by atoms with E-state index in [2.05, 4.69) is 10.6 Å². The lowest BCUT2D eigenvalue weighted by molar-refractivity contribution is -0.113. The Bertz CT molecular complexity index is 1570. The number of ketones is 1. The largest absolute Gasteiger partial charge is 0.494 e. The summed E-state index contributed by atoms with van der Waals surface area (Å²) in [6, 6.07) is 29.9. The van der Waals surface area contributed by atoms with Crippen molar-refractivity contribution < 1.29 is 23.9 Å². The Morgan fingerprint density at radius 3 is 2.07 bits per heavy atom. The number of ether oxygens (including phenoxy) is 2. The molecule has 0 heterocycles. The lowest BCUT2D eigenvalue weighted by Gasteiger charge is -2.13. The number of hydrogen-bond donors (Lipinski definition) is 2. The number of carbonyl (C=O) groups is 3. The molecule has 0 aliphatic heterocycles. The molecular weight excluding hydrogens is 528 g/mol. The minimum Gasteiger partial charge on any atom is -0.494 e. The summed E-state index contributed by atoms with van der Waals surface area (Å²) in [4.78, 5) is 39.0. The summed E-state index contributed by atoms with van der Waals surface area (Å²) in [6.45, 7) is 4.83. The Morgan fingerprint density at radius 2 is 1.38 bits per heavy atom. The molecule has 0 unspecified atom stereocenters. The van der Waals surface area contributed by atoms with Crippen LogP contribution < -0.4 is 20.1 Å². The molecule has 4 aromatic carbocycles. The average molecular weight is 561 g/mol. The number of benzene rings is 4. The Hall–Kier alpha value is -5.43. The van der Waals surface area contributed by atoms with Crippen molar-refractivity contribution in [3.8, 4) is 11.5 Å². The number of rotatable bonds is 12. The Labute approximate surface area is 245 Å². The van der Waals surface area contributed by atoms with Crippen molar-refractivity contribution in [1.82, 2.24) is 5.32 Å². The molecule has 7 nitrogen and oxygen atoms in total. The van der Waals surface area contributed by atoms with E-state index in [4.69, 9.17) is 9.47 Å². The van der Waals surface area contributed by atoms with Crippen LogP contribution in [0.2, 0.25) is 0 Å². The Kier molecular flexibility index (Phi) is 10.4. The third-order valence-electron chi connectivity index (χ3n) is 6.09. The molecule has 0 radical (unpaired) electrons. The fourth-order valence-electron chi connectivity index (χ4n) is 4.01. The van der Waals surface area contributed by atoms with E-state index in [0.29, 0.717) is 41.3 Å². The van der Waals surface area contributed by atoms with Crippen LogP contribution in [0.15, 0.2) is 115 Å². The second-order valence-corrected chi connectivity index (χ2v) is 9.08. The topological polar surface area (TPSA) is 93.7 Å². The van der Waals surface area contributed by atoms with E-state index in [9.17, 15) is 14.4 Å². The second kappa shape index (κ2) is 14.8. The van der Waals surface area contributed by atoms with Gasteiger partial charge in [-0.1, -0.05) is 54.6 Å². The van der Waals surface area contributed by atoms with Crippen molar-refractivity contribution >= 4 is 35.4 Å². The average Bonchev–Trinajstić information content (AvgIpc) is 3.02. The fourth-order valence-corrected chi connectivity index (χ4v) is 4.01. The molecule has 42 heavy (non-hydrogen) atoms. The van der Waals surface area contributed by atoms with Gasteiger partial charge in [0.1, 0.15) is 17.2 Å². The van der Waals surface area contributed by atoms with E-state index in [-0.39, 0.29) is 11.5 Å². The van der Waals surface area contributed by atoms with Crippen LogP contribution >= 0.6 is 0 Å². The summed E-state index contributed by atoms with van der Waals surface area (Å²) < 4.78 is 11.1. The summed E-state index contributed by atoms with van der Waals surface area (Å²) >= 11 is 0. The highest BCUT2D eigenvalue weighted by Crippen LogP contribution is 2.22. The van der Waals surface area contributed by atoms with Crippen LogP contribution in [0.5, 0.6) is 11.5 Å². The van der Waals surface area contributed by atoms with Crippen molar-refractivity contribution in [2.45, 2.75) is 13.8 Å². The van der Waals surface area contributed by atoms with E-state index >= 15 is 0 Å². The normalized spacial score (nSPS) is 11.1. The first-order valence-corrected chi connectivity index (χ1v) is 13.6. The minimum atomic E-state index is -0.528. The highest BCUT2D eigenvalue weighted by atomic mass is 16.5. The van der Waals surface area contributed by atoms with Crippen molar-refractivity contribution in [2.75, 3.05) is 18.5 Å². The predicted molar refractivity (Wildman–Crippen MR) is 166 cm³/mol. The molecule has 2 amide bonds. The third-order valence-corrected chi connectivity index (χ3v) is 6.09. The van der Waals surface area contributed by atoms with E-state index in [1.165, 1.54) is 6.08 Å². The molecule has 212 valence electrons. The van der Waals surface area contributed by atoms with Crippen molar-refractivity contribution in [3.63, 3.8) is 0 Å². The van der Waals surface area contributed by atoms with E-state index < -0.39 is 11.8 Å². The standard InChI is InChI=1S/C35H32N2O5/c1-3-41-30-21-14-25(15-22-30)16-23-32(38)26-17-19-29(20-18-26)36-35(40)31(37-34(39)27-10-6-5-7-11-27)24-28-12-8-9-13-33(28)42-4-2/h5-24H,3-4H2,1-2H3,(H,36,40)(H,37,39)/b23-16+,31-24-. The number of anilines is 1. The monoisotopic (exact) mass is 560 g/mol. The van der Waals surface area contributed by atoms with Crippen LogP contribution in [-0.2, 0) is 4.79 Å². The van der Waals surface area contributed by atoms with Crippen LogP contribution in [0, 0.1) is 0 Å². The zero-order valence-electron chi connectivity index (χ0n) is 23.5. The van der Waals surface area contributed by atoms with Gasteiger partial charge in [-0.2, -0.15) is 0 Å². The number of amides is 2. The van der Waals surface area contributed by atoms with Gasteiger partial charge in [0, 0.05) is 22.4 Å². The zero-order chi connectivity index (χ0) is 29.7. The molecule has 0 bridgehead atoms. The number of para-hydroxylation sites is 1. The first-order chi connectivity index (χ1) is 20.5. The first-order valence-electron chi connectivity index (χ1n) is 13.6. The van der Waals surface area contributed by atoms with Gasteiger partial charge in [0.15, 0.2) is 5.78 Å². The summed E-state index contributed by atoms with van der Waals surface area (Å²) in [7, 11) is 0. The molecule has 4 rings (SSSR count). The van der Waals surface area contributed by atoms with Gasteiger partial charge in [-0.15, -0.1) is 0 Å². The molecule has 0 spiro atoms. The van der Waals surface area contributed by atoms with Crippen LogP contribution in [0.4, 0.5) is 5.69 Å². The zero-order valence-corrected chi connectivity index (χ0v) is 23.5. The highest BCUT2D eigenvalue weighted by molar-refractivity contribution is 6.11. The number of nitrogens with one attached hydrogen (secondary N) is 2. The van der Waals surface area contributed by atoms with Gasteiger partial charge in [-0.25, -0.2) is 0 Å². The Morgan fingerprint density at radius 1 is 0.714 bits per heavy atom. The molecule has 2 N–H and O–H groups in total. The maximum atomic E-state index is 13.4.